The minimum absolute atomic E-state index is 0.0187. The average molecular weight is 385 g/mol. The molecule has 0 amide bonds. The highest BCUT2D eigenvalue weighted by Crippen LogP contribution is 2.29. The predicted octanol–water partition coefficient (Wildman–Crippen LogP) is 4.57. The van der Waals surface area contributed by atoms with Gasteiger partial charge in [-0.3, -0.25) is 9.78 Å². The van der Waals surface area contributed by atoms with Crippen LogP contribution < -0.4 is 5.32 Å². The van der Waals surface area contributed by atoms with Crippen LogP contribution in [0.2, 0.25) is 0 Å². The van der Waals surface area contributed by atoms with Crippen LogP contribution in [0.25, 0.3) is 10.2 Å². The quantitative estimate of drug-likeness (QED) is 0.574. The first kappa shape index (κ1) is 19.4. The Labute approximate surface area is 163 Å². The van der Waals surface area contributed by atoms with E-state index >= 15 is 0 Å². The van der Waals surface area contributed by atoms with Crippen LogP contribution in [0.1, 0.15) is 53.7 Å². The molecule has 6 nitrogen and oxygen atoms in total. The van der Waals surface area contributed by atoms with Crippen molar-refractivity contribution in [1.82, 2.24) is 15.0 Å². The third-order valence-corrected chi connectivity index (χ3v) is 5.52. The van der Waals surface area contributed by atoms with Crippen LogP contribution in [0.15, 0.2) is 30.6 Å². The fourth-order valence-corrected chi connectivity index (χ4v) is 3.74. The van der Waals surface area contributed by atoms with Crippen molar-refractivity contribution < 1.29 is 9.53 Å². The van der Waals surface area contributed by atoms with Gasteiger partial charge in [0, 0.05) is 30.8 Å². The van der Waals surface area contributed by atoms with Crippen molar-refractivity contribution in [2.75, 3.05) is 12.4 Å². The molecule has 0 spiro atoms. The van der Waals surface area contributed by atoms with E-state index in [9.17, 15) is 4.79 Å². The maximum absolute atomic E-state index is 12.8. The Bertz CT molecular complexity index is 926. The number of aryl methyl sites for hydroxylation is 1. The van der Waals surface area contributed by atoms with E-state index in [1.807, 2.05) is 45.2 Å². The zero-order chi connectivity index (χ0) is 19.4. The Morgan fingerprint density at radius 1 is 1.33 bits per heavy atom. The predicted molar refractivity (Wildman–Crippen MR) is 108 cm³/mol. The van der Waals surface area contributed by atoms with Crippen molar-refractivity contribution >= 4 is 33.3 Å². The van der Waals surface area contributed by atoms with Crippen molar-refractivity contribution in [2.45, 2.75) is 45.8 Å². The van der Waals surface area contributed by atoms with Gasteiger partial charge in [-0.25, -0.2) is 9.97 Å². The van der Waals surface area contributed by atoms with E-state index in [0.717, 1.165) is 20.7 Å². The summed E-state index contributed by atoms with van der Waals surface area (Å²) in [6, 6.07) is 5.87. The molecule has 0 unspecified atom stereocenters. The van der Waals surface area contributed by atoms with Crippen LogP contribution in [-0.4, -0.2) is 33.9 Å². The molecule has 0 fully saturated rings. The van der Waals surface area contributed by atoms with Crippen molar-refractivity contribution in [3.05, 3.63) is 46.7 Å². The number of ether oxygens (including phenoxy) is 1. The second kappa shape index (κ2) is 8.54. The van der Waals surface area contributed by atoms with E-state index in [1.165, 1.54) is 0 Å². The van der Waals surface area contributed by atoms with Gasteiger partial charge in [-0.05, 0) is 44.9 Å². The van der Waals surface area contributed by atoms with Crippen LogP contribution in [0, 0.1) is 6.92 Å². The third-order valence-electron chi connectivity index (χ3n) is 4.47. The first-order valence-electron chi connectivity index (χ1n) is 8.98. The first-order valence-corrected chi connectivity index (χ1v) is 9.80. The van der Waals surface area contributed by atoms with Gasteiger partial charge in [-0.2, -0.15) is 0 Å². The SMILES string of the molecule is CO[C@H](C)CCC(=O)c1nc(N[C@@H](C)c2cccnc2)nc2cc(C)sc12. The summed E-state index contributed by atoms with van der Waals surface area (Å²) in [6.45, 7) is 5.99. The van der Waals surface area contributed by atoms with Gasteiger partial charge in [-0.1, -0.05) is 6.07 Å². The van der Waals surface area contributed by atoms with E-state index in [-0.39, 0.29) is 17.9 Å². The molecule has 27 heavy (non-hydrogen) atoms. The summed E-state index contributed by atoms with van der Waals surface area (Å²) in [5.74, 6) is 0.477. The van der Waals surface area contributed by atoms with Gasteiger partial charge < -0.3 is 10.1 Å². The summed E-state index contributed by atoms with van der Waals surface area (Å²) < 4.78 is 6.10. The van der Waals surface area contributed by atoms with E-state index < -0.39 is 0 Å². The minimum Gasteiger partial charge on any atom is -0.382 e. The number of anilines is 1. The molecule has 0 aliphatic carbocycles. The molecule has 0 bridgehead atoms. The Hall–Kier alpha value is -2.38. The van der Waals surface area contributed by atoms with Crippen molar-refractivity contribution in [1.29, 1.82) is 0 Å². The number of fused-ring (bicyclic) bond motifs is 1. The van der Waals surface area contributed by atoms with E-state index in [2.05, 4.69) is 20.3 Å². The Morgan fingerprint density at radius 3 is 2.85 bits per heavy atom. The number of nitrogens with one attached hydrogen (secondary N) is 1. The number of carbonyl (C=O) groups excluding carboxylic acids is 1. The molecule has 0 aliphatic rings. The number of Topliss-reactive ketones (excluding diaryl/α,β-unsaturated/α-hetero) is 1. The molecule has 0 aliphatic heterocycles. The lowest BCUT2D eigenvalue weighted by Crippen LogP contribution is -2.13. The lowest BCUT2D eigenvalue weighted by atomic mass is 10.1. The van der Waals surface area contributed by atoms with Gasteiger partial charge in [0.15, 0.2) is 5.78 Å². The second-order valence-electron chi connectivity index (χ2n) is 6.63. The zero-order valence-electron chi connectivity index (χ0n) is 16.0. The highest BCUT2D eigenvalue weighted by molar-refractivity contribution is 7.19. The summed E-state index contributed by atoms with van der Waals surface area (Å²) in [4.78, 5) is 27.2. The number of methoxy groups -OCH3 is 1. The molecule has 142 valence electrons. The second-order valence-corrected chi connectivity index (χ2v) is 7.88. The van der Waals surface area contributed by atoms with Crippen molar-refractivity contribution in [3.8, 4) is 0 Å². The average Bonchev–Trinajstić information content (AvgIpc) is 3.05. The molecular formula is C20H24N4O2S. The molecule has 0 saturated carbocycles. The third kappa shape index (κ3) is 4.67. The van der Waals surface area contributed by atoms with Crippen LogP contribution in [0.4, 0.5) is 5.95 Å². The molecule has 0 saturated heterocycles. The number of aromatic nitrogens is 3. The molecule has 3 heterocycles. The fourth-order valence-electron chi connectivity index (χ4n) is 2.78. The maximum Gasteiger partial charge on any atom is 0.224 e. The van der Waals surface area contributed by atoms with Crippen molar-refractivity contribution in [3.63, 3.8) is 0 Å². The summed E-state index contributed by atoms with van der Waals surface area (Å²) in [5.41, 5.74) is 2.32. The largest absolute Gasteiger partial charge is 0.382 e. The molecular weight excluding hydrogens is 360 g/mol. The first-order chi connectivity index (χ1) is 13.0. The van der Waals surface area contributed by atoms with Gasteiger partial charge in [0.25, 0.3) is 0 Å². The number of hydrogen-bond acceptors (Lipinski definition) is 7. The number of rotatable bonds is 8. The highest BCUT2D eigenvalue weighted by atomic mass is 32.1. The Morgan fingerprint density at radius 2 is 2.15 bits per heavy atom. The van der Waals surface area contributed by atoms with E-state index in [4.69, 9.17) is 4.74 Å². The Kier molecular flexibility index (Phi) is 6.13. The standard InChI is InChI=1S/C20H24N4O2S/c1-12(26-4)7-8-17(25)18-19-16(10-13(2)27-19)23-20(24-18)22-14(3)15-6-5-9-21-11-15/h5-6,9-12,14H,7-8H2,1-4H3,(H,22,23,24)/t12-,14+/m1/s1. The van der Waals surface area contributed by atoms with Crippen LogP contribution >= 0.6 is 11.3 Å². The van der Waals surface area contributed by atoms with Crippen molar-refractivity contribution in [2.24, 2.45) is 0 Å². The summed E-state index contributed by atoms with van der Waals surface area (Å²) in [5, 5.41) is 3.30. The van der Waals surface area contributed by atoms with Gasteiger partial charge in [0.05, 0.1) is 22.4 Å². The molecule has 3 aromatic heterocycles. The summed E-state index contributed by atoms with van der Waals surface area (Å²) >= 11 is 1.56. The molecule has 3 rings (SSSR count). The van der Waals surface area contributed by atoms with Gasteiger partial charge >= 0.3 is 0 Å². The number of carbonyl (C=O) groups is 1. The van der Waals surface area contributed by atoms with Gasteiger partial charge in [-0.15, -0.1) is 11.3 Å². The van der Waals surface area contributed by atoms with Crippen LogP contribution in [0.5, 0.6) is 0 Å². The molecule has 7 heteroatoms. The minimum atomic E-state index is -0.0210. The molecule has 1 N–H and O–H groups in total. The Balaban J connectivity index is 1.89. The van der Waals surface area contributed by atoms with Gasteiger partial charge in [0.1, 0.15) is 5.69 Å². The maximum atomic E-state index is 12.8. The van der Waals surface area contributed by atoms with Crippen LogP contribution in [-0.2, 0) is 4.74 Å². The topological polar surface area (TPSA) is 77.0 Å². The summed E-state index contributed by atoms with van der Waals surface area (Å²) in [7, 11) is 1.66. The lowest BCUT2D eigenvalue weighted by molar-refractivity contribution is 0.0875. The fraction of sp³-hybridized carbons (Fsp3) is 0.400. The number of hydrogen-bond donors (Lipinski definition) is 1. The monoisotopic (exact) mass is 384 g/mol. The number of pyridine rings is 1. The smallest absolute Gasteiger partial charge is 0.224 e. The highest BCUT2D eigenvalue weighted by Gasteiger charge is 2.19. The zero-order valence-corrected chi connectivity index (χ0v) is 16.8. The lowest BCUT2D eigenvalue weighted by Gasteiger charge is -2.15. The number of ketones is 1. The summed E-state index contributed by atoms with van der Waals surface area (Å²) in [6.07, 6.45) is 4.66. The van der Waals surface area contributed by atoms with Gasteiger partial charge in [0.2, 0.25) is 5.95 Å². The normalized spacial score (nSPS) is 13.5. The van der Waals surface area contributed by atoms with E-state index in [0.29, 0.717) is 24.5 Å². The molecule has 0 radical (unpaired) electrons. The molecule has 0 aromatic carbocycles. The molecule has 2 atom stereocenters. The van der Waals surface area contributed by atoms with Crippen LogP contribution in [0.3, 0.4) is 0 Å². The molecule has 3 aromatic rings. The number of thiophene rings is 1. The van der Waals surface area contributed by atoms with E-state index in [1.54, 1.807) is 24.6 Å². The number of nitrogens with zero attached hydrogens (tertiary/aromatic N) is 3.